The molecule has 1 nitrogen and oxygen atoms in total. The van der Waals surface area contributed by atoms with Gasteiger partial charge in [0.25, 0.3) is 0 Å². The molecule has 0 radical (unpaired) electrons. The molecule has 0 aromatic heterocycles. The Hall–Kier alpha value is -0.560. The van der Waals surface area contributed by atoms with Crippen molar-refractivity contribution in [3.63, 3.8) is 0 Å². The zero-order valence-corrected chi connectivity index (χ0v) is 20.6. The average Bonchev–Trinajstić information content (AvgIpc) is 3.06. The summed E-state index contributed by atoms with van der Waals surface area (Å²) < 4.78 is 0. The molecule has 0 amide bonds. The molecule has 4 rings (SSSR count). The Labute approximate surface area is 186 Å². The molecule has 30 heavy (non-hydrogen) atoms. The van der Waals surface area contributed by atoms with Gasteiger partial charge in [-0.15, -0.1) is 0 Å². The molecule has 3 saturated carbocycles. The van der Waals surface area contributed by atoms with Crippen molar-refractivity contribution in [2.24, 2.45) is 46.3 Å². The van der Waals surface area contributed by atoms with Crippen molar-refractivity contribution in [3.05, 3.63) is 23.8 Å². The Balaban J connectivity index is 1.49. The van der Waals surface area contributed by atoms with Crippen LogP contribution in [0.4, 0.5) is 0 Å². The van der Waals surface area contributed by atoms with E-state index >= 15 is 0 Å². The van der Waals surface area contributed by atoms with Crippen LogP contribution in [0.1, 0.15) is 105 Å². The highest BCUT2D eigenvalue weighted by molar-refractivity contribution is 5.27. The van der Waals surface area contributed by atoms with Gasteiger partial charge in [-0.05, 0) is 124 Å². The molecule has 0 aliphatic heterocycles. The fourth-order valence-electron chi connectivity index (χ4n) is 8.93. The predicted molar refractivity (Wildman–Crippen MR) is 128 cm³/mol. The lowest BCUT2D eigenvalue weighted by Crippen LogP contribution is -2.49. The normalized spacial score (nSPS) is 45.0. The standard InChI is InChI=1S/C29H48O/c1-7-21(19(2)3)9-8-20(4)25-12-13-26-24-11-10-22-18-23(30)14-16-28(22,5)27(24)15-17-29(25,26)6/h11,20-23,25-27,30H,2,7-10,12-18H2,1,3-6H3/t20-,21-,22+,23+,25?,26?,27?,28+,29-/m1/s1. The summed E-state index contributed by atoms with van der Waals surface area (Å²) in [6.45, 7) is 16.6. The van der Waals surface area contributed by atoms with Gasteiger partial charge in [-0.3, -0.25) is 0 Å². The molecule has 0 bridgehead atoms. The highest BCUT2D eigenvalue weighted by atomic mass is 16.3. The highest BCUT2D eigenvalue weighted by Crippen LogP contribution is 2.67. The second-order valence-electron chi connectivity index (χ2n) is 12.4. The van der Waals surface area contributed by atoms with Crippen LogP contribution in [0.25, 0.3) is 0 Å². The number of rotatable bonds is 6. The molecule has 0 aromatic rings. The maximum Gasteiger partial charge on any atom is 0.0543 e. The molecule has 4 aliphatic carbocycles. The van der Waals surface area contributed by atoms with Crippen molar-refractivity contribution in [1.29, 1.82) is 0 Å². The Morgan fingerprint density at radius 2 is 1.80 bits per heavy atom. The van der Waals surface area contributed by atoms with Crippen molar-refractivity contribution >= 4 is 0 Å². The summed E-state index contributed by atoms with van der Waals surface area (Å²) >= 11 is 0. The van der Waals surface area contributed by atoms with Gasteiger partial charge >= 0.3 is 0 Å². The summed E-state index contributed by atoms with van der Waals surface area (Å²) in [6, 6.07) is 0. The molecule has 0 spiro atoms. The van der Waals surface area contributed by atoms with Gasteiger partial charge in [0.1, 0.15) is 0 Å². The zero-order chi connectivity index (χ0) is 21.7. The van der Waals surface area contributed by atoms with E-state index in [9.17, 15) is 5.11 Å². The van der Waals surface area contributed by atoms with Crippen LogP contribution in [0.5, 0.6) is 0 Å². The predicted octanol–water partition coefficient (Wildman–Crippen LogP) is 7.94. The molecule has 0 saturated heterocycles. The Morgan fingerprint density at radius 3 is 2.50 bits per heavy atom. The first-order chi connectivity index (χ1) is 14.2. The van der Waals surface area contributed by atoms with E-state index in [1.54, 1.807) is 0 Å². The molecule has 170 valence electrons. The lowest BCUT2D eigenvalue weighted by Gasteiger charge is -2.57. The van der Waals surface area contributed by atoms with Gasteiger partial charge in [0.15, 0.2) is 0 Å². The third-order valence-corrected chi connectivity index (χ3v) is 11.0. The van der Waals surface area contributed by atoms with Crippen LogP contribution in [0.2, 0.25) is 0 Å². The van der Waals surface area contributed by atoms with Gasteiger partial charge in [-0.25, -0.2) is 0 Å². The Morgan fingerprint density at radius 1 is 1.10 bits per heavy atom. The van der Waals surface area contributed by atoms with Crippen molar-refractivity contribution < 1.29 is 5.11 Å². The van der Waals surface area contributed by atoms with E-state index in [0.29, 0.717) is 22.7 Å². The summed E-state index contributed by atoms with van der Waals surface area (Å²) in [7, 11) is 0. The zero-order valence-electron chi connectivity index (χ0n) is 20.6. The van der Waals surface area contributed by atoms with Gasteiger partial charge in [0.2, 0.25) is 0 Å². The van der Waals surface area contributed by atoms with Crippen molar-refractivity contribution in [1.82, 2.24) is 0 Å². The van der Waals surface area contributed by atoms with Gasteiger partial charge in [0, 0.05) is 0 Å². The Kier molecular flexibility index (Phi) is 6.35. The third-order valence-electron chi connectivity index (χ3n) is 11.0. The largest absolute Gasteiger partial charge is 0.393 e. The minimum absolute atomic E-state index is 0.0465. The first-order valence-electron chi connectivity index (χ1n) is 13.2. The Bertz CT molecular complexity index is 676. The van der Waals surface area contributed by atoms with Crippen LogP contribution in [0.15, 0.2) is 23.8 Å². The SMILES string of the molecule is C=C(C)[C@H](CC)CC[C@@H](C)C1CCC2C3=CC[C@H]4C[C@@H](O)CC[C@]4(C)C3CC[C@@]21C. The van der Waals surface area contributed by atoms with Crippen LogP contribution >= 0.6 is 0 Å². The van der Waals surface area contributed by atoms with Gasteiger partial charge in [0.05, 0.1) is 6.10 Å². The van der Waals surface area contributed by atoms with Crippen LogP contribution < -0.4 is 0 Å². The van der Waals surface area contributed by atoms with E-state index in [1.807, 2.05) is 5.57 Å². The maximum atomic E-state index is 10.3. The lowest BCUT2D eigenvalue weighted by molar-refractivity contribution is -0.0428. The van der Waals surface area contributed by atoms with Crippen LogP contribution in [-0.4, -0.2) is 11.2 Å². The summed E-state index contributed by atoms with van der Waals surface area (Å²) in [5.41, 5.74) is 4.21. The van der Waals surface area contributed by atoms with Gasteiger partial charge in [-0.1, -0.05) is 51.5 Å². The minimum atomic E-state index is -0.0465. The van der Waals surface area contributed by atoms with Crippen molar-refractivity contribution in [3.8, 4) is 0 Å². The quantitative estimate of drug-likeness (QED) is 0.439. The van der Waals surface area contributed by atoms with Gasteiger partial charge in [-0.2, -0.15) is 0 Å². The first kappa shape index (κ1) is 22.6. The second-order valence-corrected chi connectivity index (χ2v) is 12.4. The summed E-state index contributed by atoms with van der Waals surface area (Å²) in [4.78, 5) is 0. The minimum Gasteiger partial charge on any atom is -0.393 e. The molecule has 4 aliphatic rings. The molecule has 0 heterocycles. The van der Waals surface area contributed by atoms with Crippen LogP contribution in [0, 0.1) is 46.3 Å². The van der Waals surface area contributed by atoms with E-state index in [1.165, 1.54) is 63.4 Å². The topological polar surface area (TPSA) is 20.2 Å². The number of aliphatic hydroxyl groups excluding tert-OH is 1. The second kappa shape index (κ2) is 8.42. The van der Waals surface area contributed by atoms with E-state index < -0.39 is 0 Å². The molecule has 0 aromatic carbocycles. The number of fused-ring (bicyclic) bond motifs is 5. The molecule has 3 fully saturated rings. The molecular weight excluding hydrogens is 364 g/mol. The number of hydrogen-bond acceptors (Lipinski definition) is 1. The average molecular weight is 413 g/mol. The molecule has 3 unspecified atom stereocenters. The fraction of sp³-hybridized carbons (Fsp3) is 0.862. The fourth-order valence-corrected chi connectivity index (χ4v) is 8.93. The van der Waals surface area contributed by atoms with E-state index in [2.05, 4.69) is 47.3 Å². The summed E-state index contributed by atoms with van der Waals surface area (Å²) in [6.07, 6.45) is 16.8. The highest BCUT2D eigenvalue weighted by Gasteiger charge is 2.58. The molecular formula is C29H48O. The first-order valence-corrected chi connectivity index (χ1v) is 13.2. The third kappa shape index (κ3) is 3.66. The molecule has 1 N–H and O–H groups in total. The number of aliphatic hydroxyl groups is 1. The smallest absolute Gasteiger partial charge is 0.0543 e. The van der Waals surface area contributed by atoms with Gasteiger partial charge < -0.3 is 5.11 Å². The number of allylic oxidation sites excluding steroid dienone is 3. The molecule has 9 atom stereocenters. The van der Waals surface area contributed by atoms with Crippen molar-refractivity contribution in [2.45, 2.75) is 111 Å². The molecule has 1 heteroatoms. The van der Waals surface area contributed by atoms with Crippen LogP contribution in [-0.2, 0) is 0 Å². The summed E-state index contributed by atoms with van der Waals surface area (Å²) in [5.74, 6) is 4.78. The van der Waals surface area contributed by atoms with E-state index in [-0.39, 0.29) is 6.10 Å². The maximum absolute atomic E-state index is 10.3. The van der Waals surface area contributed by atoms with E-state index in [4.69, 9.17) is 0 Å². The van der Waals surface area contributed by atoms with E-state index in [0.717, 1.165) is 36.5 Å². The summed E-state index contributed by atoms with van der Waals surface area (Å²) in [5, 5.41) is 10.3. The lowest BCUT2D eigenvalue weighted by atomic mass is 9.47. The van der Waals surface area contributed by atoms with Crippen molar-refractivity contribution in [2.75, 3.05) is 0 Å². The number of hydrogen-bond donors (Lipinski definition) is 1. The van der Waals surface area contributed by atoms with Crippen LogP contribution in [0.3, 0.4) is 0 Å². The monoisotopic (exact) mass is 412 g/mol.